The number of carbonyl (C=O) groups is 1. The first-order valence-electron chi connectivity index (χ1n) is 9.60. The van der Waals surface area contributed by atoms with Crippen LogP contribution >= 0.6 is 11.6 Å². The Morgan fingerprint density at radius 3 is 2.44 bits per heavy atom. The van der Waals surface area contributed by atoms with Crippen molar-refractivity contribution in [3.63, 3.8) is 0 Å². The summed E-state index contributed by atoms with van der Waals surface area (Å²) in [6, 6.07) is 12.5. The first kappa shape index (κ1) is 21.5. The van der Waals surface area contributed by atoms with Gasteiger partial charge < -0.3 is 15.1 Å². The lowest BCUT2D eigenvalue weighted by Crippen LogP contribution is -2.24. The number of aryl methyl sites for hydroxylation is 2. The molecule has 2 amide bonds. The molecule has 0 bridgehead atoms. The molecular formula is C24H17ClF2N2O3. The number of carbonyl (C=O) groups excluding carboxylic acids is 1. The maximum atomic E-state index is 13.9. The third-order valence-electron chi connectivity index (χ3n) is 5.02. The average molecular weight is 455 g/mol. The Balaban J connectivity index is 1.87. The first-order chi connectivity index (χ1) is 15.2. The van der Waals surface area contributed by atoms with E-state index in [-0.39, 0.29) is 17.0 Å². The summed E-state index contributed by atoms with van der Waals surface area (Å²) in [6.07, 6.45) is 0. The van der Waals surface area contributed by atoms with Gasteiger partial charge in [0.25, 0.3) is 0 Å². The summed E-state index contributed by atoms with van der Waals surface area (Å²) in [5.74, 6) is -1.73. The van der Waals surface area contributed by atoms with Crippen molar-refractivity contribution in [3.05, 3.63) is 92.8 Å². The SMILES string of the molecule is Cc1cc2c(-c3ccccc3C)c(NC(=O)Nc3ccc(F)cc3F)c(=O)oc2cc1Cl. The van der Waals surface area contributed by atoms with Crippen molar-refractivity contribution in [1.29, 1.82) is 0 Å². The molecule has 162 valence electrons. The molecule has 8 heteroatoms. The van der Waals surface area contributed by atoms with Crippen molar-refractivity contribution in [2.24, 2.45) is 0 Å². The van der Waals surface area contributed by atoms with Crippen LogP contribution in [0.4, 0.5) is 25.0 Å². The molecule has 4 aromatic rings. The molecule has 0 atom stereocenters. The second-order valence-electron chi connectivity index (χ2n) is 7.26. The van der Waals surface area contributed by atoms with Gasteiger partial charge in [0, 0.05) is 28.1 Å². The lowest BCUT2D eigenvalue weighted by atomic mass is 9.95. The fourth-order valence-electron chi connectivity index (χ4n) is 3.44. The highest BCUT2D eigenvalue weighted by molar-refractivity contribution is 6.32. The molecule has 1 aromatic heterocycles. The highest BCUT2D eigenvalue weighted by Crippen LogP contribution is 2.37. The zero-order valence-corrected chi connectivity index (χ0v) is 17.8. The van der Waals surface area contributed by atoms with Crippen LogP contribution < -0.4 is 16.3 Å². The number of hydrogen-bond acceptors (Lipinski definition) is 3. The van der Waals surface area contributed by atoms with Gasteiger partial charge in [0.1, 0.15) is 22.9 Å². The molecule has 2 N–H and O–H groups in total. The summed E-state index contributed by atoms with van der Waals surface area (Å²) < 4.78 is 32.5. The average Bonchev–Trinajstić information content (AvgIpc) is 2.73. The second-order valence-corrected chi connectivity index (χ2v) is 7.66. The summed E-state index contributed by atoms with van der Waals surface area (Å²) in [7, 11) is 0. The summed E-state index contributed by atoms with van der Waals surface area (Å²) in [5.41, 5.74) is 1.87. The fourth-order valence-corrected chi connectivity index (χ4v) is 3.59. The van der Waals surface area contributed by atoms with Crippen molar-refractivity contribution in [1.82, 2.24) is 0 Å². The van der Waals surface area contributed by atoms with E-state index in [2.05, 4.69) is 10.6 Å². The van der Waals surface area contributed by atoms with Crippen molar-refractivity contribution in [3.8, 4) is 11.1 Å². The predicted molar refractivity (Wildman–Crippen MR) is 121 cm³/mol. The van der Waals surface area contributed by atoms with Crippen LogP contribution in [0.5, 0.6) is 0 Å². The van der Waals surface area contributed by atoms with Crippen LogP contribution in [-0.4, -0.2) is 6.03 Å². The normalized spacial score (nSPS) is 10.9. The van der Waals surface area contributed by atoms with Crippen LogP contribution in [0.3, 0.4) is 0 Å². The Kier molecular flexibility index (Phi) is 5.67. The van der Waals surface area contributed by atoms with Crippen LogP contribution in [0.2, 0.25) is 5.02 Å². The Bertz CT molecular complexity index is 1430. The van der Waals surface area contributed by atoms with E-state index in [1.807, 2.05) is 38.1 Å². The van der Waals surface area contributed by atoms with Crippen molar-refractivity contribution in [2.75, 3.05) is 10.6 Å². The van der Waals surface area contributed by atoms with Crippen LogP contribution in [0.25, 0.3) is 22.1 Å². The van der Waals surface area contributed by atoms with E-state index in [1.54, 1.807) is 12.1 Å². The molecule has 5 nitrogen and oxygen atoms in total. The van der Waals surface area contributed by atoms with Gasteiger partial charge in [0.15, 0.2) is 0 Å². The van der Waals surface area contributed by atoms with Gasteiger partial charge in [-0.1, -0.05) is 35.9 Å². The van der Waals surface area contributed by atoms with E-state index in [4.69, 9.17) is 16.0 Å². The topological polar surface area (TPSA) is 71.3 Å². The molecule has 0 aliphatic carbocycles. The lowest BCUT2D eigenvalue weighted by Gasteiger charge is -2.16. The number of halogens is 3. The lowest BCUT2D eigenvalue weighted by molar-refractivity contribution is 0.262. The molecule has 0 radical (unpaired) electrons. The molecule has 0 aliphatic heterocycles. The molecule has 1 heterocycles. The van der Waals surface area contributed by atoms with Crippen molar-refractivity contribution >= 4 is 40.0 Å². The fraction of sp³-hybridized carbons (Fsp3) is 0.0833. The Morgan fingerprint density at radius 2 is 1.72 bits per heavy atom. The van der Waals surface area contributed by atoms with Gasteiger partial charge >= 0.3 is 11.7 Å². The minimum atomic E-state index is -0.949. The molecule has 0 fully saturated rings. The number of urea groups is 1. The smallest absolute Gasteiger partial charge is 0.360 e. The summed E-state index contributed by atoms with van der Waals surface area (Å²) in [4.78, 5) is 25.5. The van der Waals surface area contributed by atoms with E-state index in [0.717, 1.165) is 23.3 Å². The molecule has 0 aliphatic rings. The maximum absolute atomic E-state index is 13.9. The van der Waals surface area contributed by atoms with Gasteiger partial charge in [-0.3, -0.25) is 0 Å². The van der Waals surface area contributed by atoms with E-state index < -0.39 is 23.3 Å². The van der Waals surface area contributed by atoms with Gasteiger partial charge in [0.2, 0.25) is 0 Å². The van der Waals surface area contributed by atoms with Gasteiger partial charge in [-0.2, -0.15) is 0 Å². The number of benzene rings is 3. The monoisotopic (exact) mass is 454 g/mol. The minimum absolute atomic E-state index is 0.117. The highest BCUT2D eigenvalue weighted by atomic mass is 35.5. The quantitative estimate of drug-likeness (QED) is 0.340. The zero-order valence-electron chi connectivity index (χ0n) is 17.1. The summed E-state index contributed by atoms with van der Waals surface area (Å²) in [6.45, 7) is 3.68. The van der Waals surface area contributed by atoms with Crippen molar-refractivity contribution in [2.45, 2.75) is 13.8 Å². The van der Waals surface area contributed by atoms with Gasteiger partial charge in [-0.15, -0.1) is 0 Å². The Hall–Kier alpha value is -3.71. The van der Waals surface area contributed by atoms with E-state index >= 15 is 0 Å². The van der Waals surface area contributed by atoms with Crippen LogP contribution in [0.15, 0.2) is 63.8 Å². The largest absolute Gasteiger partial charge is 0.421 e. The van der Waals surface area contributed by atoms with Crippen LogP contribution in [0, 0.1) is 25.5 Å². The number of rotatable bonds is 3. The van der Waals surface area contributed by atoms with Gasteiger partial charge in [-0.05, 0) is 48.7 Å². The molecular weight excluding hydrogens is 438 g/mol. The van der Waals surface area contributed by atoms with E-state index in [1.165, 1.54) is 0 Å². The zero-order chi connectivity index (χ0) is 23.0. The summed E-state index contributed by atoms with van der Waals surface area (Å²) in [5, 5.41) is 5.76. The molecule has 0 unspecified atom stereocenters. The molecule has 0 saturated carbocycles. The highest BCUT2D eigenvalue weighted by Gasteiger charge is 2.21. The second kappa shape index (κ2) is 8.43. The Labute approximate surface area is 186 Å². The number of hydrogen-bond donors (Lipinski definition) is 2. The van der Waals surface area contributed by atoms with E-state index in [9.17, 15) is 18.4 Å². The molecule has 0 spiro atoms. The van der Waals surface area contributed by atoms with Gasteiger partial charge in [0.05, 0.1) is 5.69 Å². The summed E-state index contributed by atoms with van der Waals surface area (Å²) >= 11 is 6.21. The molecule has 0 saturated heterocycles. The number of amides is 2. The maximum Gasteiger partial charge on any atom is 0.360 e. The third kappa shape index (κ3) is 4.07. The standard InChI is InChI=1S/C24H17ClF2N2O3/c1-12-5-3-4-6-15(12)21-16-9-13(2)17(25)11-20(16)32-23(30)22(21)29-24(31)28-19-8-7-14(26)10-18(19)27/h3-11H,1-2H3,(H2,28,29,31). The Morgan fingerprint density at radius 1 is 0.969 bits per heavy atom. The minimum Gasteiger partial charge on any atom is -0.421 e. The number of anilines is 2. The first-order valence-corrected chi connectivity index (χ1v) is 9.98. The van der Waals surface area contributed by atoms with E-state index in [0.29, 0.717) is 27.6 Å². The molecule has 32 heavy (non-hydrogen) atoms. The predicted octanol–water partition coefficient (Wildman–Crippen LogP) is 6.65. The number of nitrogens with one attached hydrogen (secondary N) is 2. The van der Waals surface area contributed by atoms with Gasteiger partial charge in [-0.25, -0.2) is 18.4 Å². The van der Waals surface area contributed by atoms with Crippen LogP contribution in [-0.2, 0) is 0 Å². The molecule has 4 rings (SSSR count). The van der Waals surface area contributed by atoms with Crippen LogP contribution in [0.1, 0.15) is 11.1 Å². The number of fused-ring (bicyclic) bond motifs is 1. The van der Waals surface area contributed by atoms with Crippen molar-refractivity contribution < 1.29 is 18.0 Å². The third-order valence-corrected chi connectivity index (χ3v) is 5.43. The molecule has 3 aromatic carbocycles.